The van der Waals surface area contributed by atoms with E-state index in [0.717, 1.165) is 21.6 Å². The van der Waals surface area contributed by atoms with Gasteiger partial charge in [0.1, 0.15) is 5.01 Å². The Morgan fingerprint density at radius 1 is 1.38 bits per heavy atom. The summed E-state index contributed by atoms with van der Waals surface area (Å²) in [5.74, 6) is 0.530. The average molecular weight is 344 g/mol. The van der Waals surface area contributed by atoms with Crippen molar-refractivity contribution >= 4 is 33.5 Å². The Balaban J connectivity index is 1.40. The van der Waals surface area contributed by atoms with Crippen LogP contribution in [0.5, 0.6) is 0 Å². The first-order valence-corrected chi connectivity index (χ1v) is 9.47. The van der Waals surface area contributed by atoms with Crippen molar-refractivity contribution in [1.29, 1.82) is 0 Å². The molecule has 2 unspecified atom stereocenters. The number of carbonyl (C=O) groups excluding carboxylic acids is 1. The Kier molecular flexibility index (Phi) is 5.99. The van der Waals surface area contributed by atoms with E-state index in [4.69, 9.17) is 4.74 Å². The first-order chi connectivity index (χ1) is 11.7. The zero-order chi connectivity index (χ0) is 16.8. The van der Waals surface area contributed by atoms with Crippen LogP contribution < -0.4 is 5.32 Å². The van der Waals surface area contributed by atoms with E-state index in [-0.39, 0.29) is 5.91 Å². The van der Waals surface area contributed by atoms with Crippen molar-refractivity contribution in [2.45, 2.75) is 38.7 Å². The number of fused-ring (bicyclic) bond motifs is 1. The fourth-order valence-electron chi connectivity index (χ4n) is 3.08. The lowest BCUT2D eigenvalue weighted by atomic mass is 9.88. The van der Waals surface area contributed by atoms with Gasteiger partial charge in [-0.05, 0) is 37.0 Å². The molecule has 4 nitrogen and oxygen atoms in total. The topological polar surface area (TPSA) is 51.2 Å². The molecule has 1 aromatic carbocycles. The number of hydrogen-bond acceptors (Lipinski definition) is 4. The average Bonchev–Trinajstić information content (AvgIpc) is 3.01. The number of aromatic nitrogens is 1. The molecule has 1 aliphatic carbocycles. The standard InChI is InChI=1S/C19H24N2O2S/c1-14-6-2-4-8-16(14)23-13-12-20-18(22)10-11-19-21-15-7-3-5-9-17(15)24-19/h3,5,7,9-11,14,16H,2,4,6,8,12-13H2,1H3,(H,20,22)/b11-10+. The molecule has 1 fully saturated rings. The summed E-state index contributed by atoms with van der Waals surface area (Å²) in [5, 5.41) is 3.71. The zero-order valence-electron chi connectivity index (χ0n) is 14.0. The summed E-state index contributed by atoms with van der Waals surface area (Å²) in [6, 6.07) is 7.98. The maximum Gasteiger partial charge on any atom is 0.244 e. The van der Waals surface area contributed by atoms with Gasteiger partial charge in [-0.2, -0.15) is 0 Å². The van der Waals surface area contributed by atoms with Crippen molar-refractivity contribution in [3.63, 3.8) is 0 Å². The number of benzene rings is 1. The van der Waals surface area contributed by atoms with E-state index in [1.807, 2.05) is 24.3 Å². The minimum absolute atomic E-state index is 0.102. The molecule has 1 saturated carbocycles. The molecule has 1 N–H and O–H groups in total. The van der Waals surface area contributed by atoms with E-state index >= 15 is 0 Å². The number of amides is 1. The van der Waals surface area contributed by atoms with Gasteiger partial charge in [0.25, 0.3) is 0 Å². The van der Waals surface area contributed by atoms with Gasteiger partial charge in [0.05, 0.1) is 22.9 Å². The highest BCUT2D eigenvalue weighted by Crippen LogP contribution is 2.26. The number of rotatable bonds is 6. The zero-order valence-corrected chi connectivity index (χ0v) is 14.8. The predicted octanol–water partition coefficient (Wildman–Crippen LogP) is 4.02. The summed E-state index contributed by atoms with van der Waals surface area (Å²) in [5.41, 5.74) is 0.970. The van der Waals surface area contributed by atoms with E-state index < -0.39 is 0 Å². The molecule has 0 aliphatic heterocycles. The molecule has 5 heteroatoms. The van der Waals surface area contributed by atoms with Crippen molar-refractivity contribution in [1.82, 2.24) is 10.3 Å². The van der Waals surface area contributed by atoms with E-state index in [1.165, 1.54) is 19.3 Å². The molecule has 2 atom stereocenters. The molecule has 3 rings (SSSR count). The quantitative estimate of drug-likeness (QED) is 0.636. The number of thiazole rings is 1. The van der Waals surface area contributed by atoms with Gasteiger partial charge < -0.3 is 10.1 Å². The third kappa shape index (κ3) is 4.65. The highest BCUT2D eigenvalue weighted by atomic mass is 32.1. The smallest absolute Gasteiger partial charge is 0.244 e. The summed E-state index contributed by atoms with van der Waals surface area (Å²) in [7, 11) is 0. The lowest BCUT2D eigenvalue weighted by molar-refractivity contribution is -0.116. The minimum atomic E-state index is -0.102. The highest BCUT2D eigenvalue weighted by molar-refractivity contribution is 7.19. The van der Waals surface area contributed by atoms with Crippen LogP contribution in [0.25, 0.3) is 16.3 Å². The van der Waals surface area contributed by atoms with E-state index in [0.29, 0.717) is 25.2 Å². The molecular formula is C19H24N2O2S. The second-order valence-electron chi connectivity index (χ2n) is 6.32. The van der Waals surface area contributed by atoms with Crippen molar-refractivity contribution in [3.05, 3.63) is 35.3 Å². The SMILES string of the molecule is CC1CCCCC1OCCNC(=O)/C=C/c1nc2ccccc2s1. The number of ether oxygens (including phenoxy) is 1. The molecule has 0 spiro atoms. The molecule has 2 aromatic rings. The van der Waals surface area contributed by atoms with Crippen molar-refractivity contribution in [2.24, 2.45) is 5.92 Å². The molecule has 0 saturated heterocycles. The van der Waals surface area contributed by atoms with Crippen LogP contribution in [0.1, 0.15) is 37.6 Å². The minimum Gasteiger partial charge on any atom is -0.376 e. The van der Waals surface area contributed by atoms with E-state index in [2.05, 4.69) is 17.2 Å². The lowest BCUT2D eigenvalue weighted by Gasteiger charge is -2.28. The van der Waals surface area contributed by atoms with Gasteiger partial charge in [0.2, 0.25) is 5.91 Å². The molecule has 128 valence electrons. The molecule has 1 aromatic heterocycles. The Morgan fingerprint density at radius 3 is 3.04 bits per heavy atom. The lowest BCUT2D eigenvalue weighted by Crippen LogP contribution is -2.31. The number of carbonyl (C=O) groups is 1. The van der Waals surface area contributed by atoms with Crippen LogP contribution in [-0.2, 0) is 9.53 Å². The largest absolute Gasteiger partial charge is 0.376 e. The fourth-order valence-corrected chi connectivity index (χ4v) is 3.95. The molecule has 0 bridgehead atoms. The number of para-hydroxylation sites is 1. The van der Waals surface area contributed by atoms with Gasteiger partial charge in [0, 0.05) is 12.6 Å². The number of nitrogens with one attached hydrogen (secondary N) is 1. The van der Waals surface area contributed by atoms with Crippen molar-refractivity contribution < 1.29 is 9.53 Å². The normalized spacial score (nSPS) is 21.4. The van der Waals surface area contributed by atoms with Crippen LogP contribution >= 0.6 is 11.3 Å². The Hall–Kier alpha value is -1.72. The molecule has 0 radical (unpaired) electrons. The monoisotopic (exact) mass is 344 g/mol. The van der Waals surface area contributed by atoms with Crippen LogP contribution in [-0.4, -0.2) is 30.1 Å². The van der Waals surface area contributed by atoms with Crippen molar-refractivity contribution in [3.8, 4) is 0 Å². The summed E-state index contributed by atoms with van der Waals surface area (Å²) in [4.78, 5) is 16.3. The Labute approximate surface area is 146 Å². The molecule has 1 amide bonds. The van der Waals surface area contributed by atoms with E-state index in [9.17, 15) is 4.79 Å². The molecular weight excluding hydrogens is 320 g/mol. The van der Waals surface area contributed by atoms with Crippen molar-refractivity contribution in [2.75, 3.05) is 13.2 Å². The predicted molar refractivity (Wildman–Crippen MR) is 99.0 cm³/mol. The highest BCUT2D eigenvalue weighted by Gasteiger charge is 2.21. The Morgan fingerprint density at radius 2 is 2.21 bits per heavy atom. The third-order valence-electron chi connectivity index (χ3n) is 4.45. The summed E-state index contributed by atoms with van der Waals surface area (Å²) in [6.07, 6.45) is 8.63. The molecule has 24 heavy (non-hydrogen) atoms. The van der Waals surface area contributed by atoms with E-state index in [1.54, 1.807) is 23.5 Å². The van der Waals surface area contributed by atoms with Gasteiger partial charge in [-0.25, -0.2) is 4.98 Å². The maximum atomic E-state index is 11.9. The second-order valence-corrected chi connectivity index (χ2v) is 7.38. The summed E-state index contributed by atoms with van der Waals surface area (Å²) < 4.78 is 7.03. The van der Waals surface area contributed by atoms with Crippen LogP contribution in [0.15, 0.2) is 30.3 Å². The summed E-state index contributed by atoms with van der Waals surface area (Å²) >= 11 is 1.58. The second kappa shape index (κ2) is 8.40. The van der Waals surface area contributed by atoms with Crippen LogP contribution in [0.2, 0.25) is 0 Å². The Bertz CT molecular complexity index is 677. The van der Waals surface area contributed by atoms with Crippen LogP contribution in [0, 0.1) is 5.92 Å². The molecule has 1 aliphatic rings. The fraction of sp³-hybridized carbons (Fsp3) is 0.474. The van der Waals surface area contributed by atoms with Gasteiger partial charge in [-0.1, -0.05) is 31.9 Å². The maximum absolute atomic E-state index is 11.9. The number of hydrogen-bond donors (Lipinski definition) is 1. The summed E-state index contributed by atoms with van der Waals surface area (Å²) in [6.45, 7) is 3.38. The van der Waals surface area contributed by atoms with Crippen LogP contribution in [0.3, 0.4) is 0 Å². The van der Waals surface area contributed by atoms with Gasteiger partial charge in [0.15, 0.2) is 0 Å². The van der Waals surface area contributed by atoms with Gasteiger partial charge in [-0.15, -0.1) is 11.3 Å². The first-order valence-electron chi connectivity index (χ1n) is 8.65. The van der Waals surface area contributed by atoms with Crippen LogP contribution in [0.4, 0.5) is 0 Å². The first kappa shape index (κ1) is 17.1. The third-order valence-corrected chi connectivity index (χ3v) is 5.46. The molecule has 1 heterocycles. The van der Waals surface area contributed by atoms with Gasteiger partial charge >= 0.3 is 0 Å². The number of nitrogens with zero attached hydrogens (tertiary/aromatic N) is 1. The van der Waals surface area contributed by atoms with Gasteiger partial charge in [-0.3, -0.25) is 4.79 Å².